The summed E-state index contributed by atoms with van der Waals surface area (Å²) in [5.74, 6) is -1.10. The largest absolute Gasteiger partial charge is 0.481 e. The van der Waals surface area contributed by atoms with Crippen LogP contribution in [0.3, 0.4) is 0 Å². The van der Waals surface area contributed by atoms with Crippen molar-refractivity contribution in [3.05, 3.63) is 64.5 Å². The van der Waals surface area contributed by atoms with Gasteiger partial charge in [-0.15, -0.1) is 0 Å². The van der Waals surface area contributed by atoms with E-state index in [1.54, 1.807) is 18.3 Å². The molecule has 162 valence electrons. The van der Waals surface area contributed by atoms with Crippen LogP contribution in [0.1, 0.15) is 44.7 Å². The molecule has 0 spiro atoms. The minimum Gasteiger partial charge on any atom is -0.481 e. The molecule has 3 aliphatic rings. The van der Waals surface area contributed by atoms with Crippen LogP contribution >= 0.6 is 0 Å². The maximum Gasteiger partial charge on any atom is 0.309 e. The second-order valence-corrected chi connectivity index (χ2v) is 9.76. The molecule has 32 heavy (non-hydrogen) atoms. The Morgan fingerprint density at radius 1 is 1.16 bits per heavy atom. The van der Waals surface area contributed by atoms with E-state index in [4.69, 9.17) is 0 Å². The van der Waals surface area contributed by atoms with Gasteiger partial charge in [0.1, 0.15) is 5.82 Å². The summed E-state index contributed by atoms with van der Waals surface area (Å²) in [6.07, 6.45) is 3.13. The van der Waals surface area contributed by atoms with Crippen molar-refractivity contribution < 1.29 is 14.3 Å². The number of benzene rings is 2. The fourth-order valence-corrected chi connectivity index (χ4v) is 5.99. The Morgan fingerprint density at radius 2 is 1.84 bits per heavy atom. The zero-order valence-electron chi connectivity index (χ0n) is 17.8. The summed E-state index contributed by atoms with van der Waals surface area (Å²) in [5, 5.41) is 18.9. The zero-order valence-corrected chi connectivity index (χ0v) is 17.8. The second kappa shape index (κ2) is 6.06. The Hall–Kier alpha value is -3.48. The fraction of sp³-hybridized carbons (Fsp3) is 0.320. The fourth-order valence-electron chi connectivity index (χ4n) is 5.99. The summed E-state index contributed by atoms with van der Waals surface area (Å²) in [4.78, 5) is 25.7. The molecule has 3 aliphatic carbocycles. The lowest BCUT2D eigenvalue weighted by molar-refractivity contribution is -0.215. The number of fused-ring (bicyclic) bond motifs is 2. The van der Waals surface area contributed by atoms with Crippen molar-refractivity contribution in [1.29, 1.82) is 0 Å². The van der Waals surface area contributed by atoms with Crippen LogP contribution in [0.2, 0.25) is 0 Å². The number of carboxylic acids is 1. The van der Waals surface area contributed by atoms with E-state index in [9.17, 15) is 19.1 Å². The maximum atomic E-state index is 13.9. The number of aromatic nitrogens is 3. The third kappa shape index (κ3) is 2.31. The van der Waals surface area contributed by atoms with Crippen molar-refractivity contribution in [2.45, 2.75) is 44.6 Å². The first-order valence-corrected chi connectivity index (χ1v) is 10.8. The van der Waals surface area contributed by atoms with Crippen molar-refractivity contribution in [2.24, 2.45) is 5.41 Å². The van der Waals surface area contributed by atoms with E-state index in [1.807, 2.05) is 30.5 Å². The van der Waals surface area contributed by atoms with Crippen molar-refractivity contribution in [3.63, 3.8) is 0 Å². The van der Waals surface area contributed by atoms with Gasteiger partial charge in [0.15, 0.2) is 0 Å². The number of H-pyrrole nitrogens is 1. The highest BCUT2D eigenvalue weighted by Gasteiger charge is 2.73. The molecule has 3 saturated carbocycles. The summed E-state index contributed by atoms with van der Waals surface area (Å²) in [6, 6.07) is 10.1. The molecule has 2 N–H and O–H groups in total. The number of aliphatic carboxylic acids is 1. The number of carbonyl (C=O) groups is 1. The van der Waals surface area contributed by atoms with Gasteiger partial charge in [0, 0.05) is 22.0 Å². The molecular weight excluding hydrogens is 409 g/mol. The highest BCUT2D eigenvalue weighted by atomic mass is 19.1. The van der Waals surface area contributed by atoms with Gasteiger partial charge in [0.25, 0.3) is 5.56 Å². The van der Waals surface area contributed by atoms with Crippen LogP contribution in [-0.2, 0) is 10.3 Å². The lowest BCUT2D eigenvalue weighted by atomic mass is 9.39. The van der Waals surface area contributed by atoms with Crippen molar-refractivity contribution in [3.8, 4) is 11.1 Å². The van der Waals surface area contributed by atoms with Gasteiger partial charge in [-0.1, -0.05) is 26.0 Å². The minimum absolute atomic E-state index is 0.00185. The summed E-state index contributed by atoms with van der Waals surface area (Å²) in [6.45, 7) is 4.08. The Bertz CT molecular complexity index is 1480. The molecule has 0 aliphatic heterocycles. The number of carboxylic acid groups (broad SMARTS) is 1. The lowest BCUT2D eigenvalue weighted by Crippen LogP contribution is -2.72. The highest BCUT2D eigenvalue weighted by molar-refractivity contribution is 6.04. The van der Waals surface area contributed by atoms with E-state index in [0.29, 0.717) is 24.6 Å². The van der Waals surface area contributed by atoms with Crippen LogP contribution in [0.15, 0.2) is 47.4 Å². The molecule has 2 bridgehead atoms. The van der Waals surface area contributed by atoms with Gasteiger partial charge in [-0.05, 0) is 60.4 Å². The first kappa shape index (κ1) is 19.2. The average molecular weight is 431 g/mol. The lowest BCUT2D eigenvalue weighted by Gasteiger charge is -2.68. The van der Waals surface area contributed by atoms with Crippen LogP contribution in [-0.4, -0.2) is 25.8 Å². The smallest absolute Gasteiger partial charge is 0.309 e. The average Bonchev–Trinajstić information content (AvgIpc) is 3.14. The monoisotopic (exact) mass is 431 g/mol. The van der Waals surface area contributed by atoms with Crippen LogP contribution < -0.4 is 5.56 Å². The van der Waals surface area contributed by atoms with E-state index in [0.717, 1.165) is 33.1 Å². The molecule has 0 unspecified atom stereocenters. The summed E-state index contributed by atoms with van der Waals surface area (Å²) in [5.41, 5.74) is 2.08. The van der Waals surface area contributed by atoms with Crippen molar-refractivity contribution >= 4 is 27.6 Å². The van der Waals surface area contributed by atoms with Gasteiger partial charge >= 0.3 is 5.97 Å². The standard InChI is InChI=1S/C25H22FN3O3/c1-13(2)21-20(14-3-5-16(26)6-4-14)17-7-15-9-27-28-19(15)8-18(17)22(30)29(21)25-10-24(11-25,12-25)23(31)32/h3-9,13H,10-12H2,1-2H3,(H,27,28)(H,31,32). The van der Waals surface area contributed by atoms with Gasteiger partial charge < -0.3 is 9.67 Å². The zero-order chi connectivity index (χ0) is 22.4. The number of aromatic amines is 1. The van der Waals surface area contributed by atoms with Crippen molar-refractivity contribution in [2.75, 3.05) is 0 Å². The molecule has 2 aromatic heterocycles. The number of halogens is 1. The summed E-state index contributed by atoms with van der Waals surface area (Å²) in [7, 11) is 0. The highest BCUT2D eigenvalue weighted by Crippen LogP contribution is 2.71. The van der Waals surface area contributed by atoms with Crippen LogP contribution in [0.5, 0.6) is 0 Å². The molecule has 0 amide bonds. The molecule has 0 atom stereocenters. The third-order valence-electron chi connectivity index (χ3n) is 7.39. The number of nitrogens with zero attached hydrogens (tertiary/aromatic N) is 2. The summed E-state index contributed by atoms with van der Waals surface area (Å²) >= 11 is 0. The Morgan fingerprint density at radius 3 is 2.47 bits per heavy atom. The van der Waals surface area contributed by atoms with Gasteiger partial charge in [0.2, 0.25) is 0 Å². The van der Waals surface area contributed by atoms with Gasteiger partial charge in [0.05, 0.1) is 22.7 Å². The first-order valence-electron chi connectivity index (χ1n) is 10.8. The predicted octanol–water partition coefficient (Wildman–Crippen LogP) is 4.77. The van der Waals surface area contributed by atoms with Crippen LogP contribution in [0.4, 0.5) is 4.39 Å². The van der Waals surface area contributed by atoms with E-state index < -0.39 is 16.9 Å². The Kier molecular flexibility index (Phi) is 3.64. The molecule has 7 heteroatoms. The molecule has 4 aromatic rings. The van der Waals surface area contributed by atoms with Crippen molar-refractivity contribution in [1.82, 2.24) is 14.8 Å². The SMILES string of the molecule is CC(C)c1c(-c2ccc(F)cc2)c2cc3cn[nH]c3cc2c(=O)n1C12CC(C(=O)O)(C1)C2. The molecule has 2 heterocycles. The number of nitrogens with one attached hydrogen (secondary N) is 1. The molecule has 3 fully saturated rings. The molecule has 2 aromatic carbocycles. The van der Waals surface area contributed by atoms with E-state index in [-0.39, 0.29) is 17.3 Å². The van der Waals surface area contributed by atoms with Gasteiger partial charge in [-0.3, -0.25) is 14.7 Å². The predicted molar refractivity (Wildman–Crippen MR) is 119 cm³/mol. The molecular formula is C25H22FN3O3. The van der Waals surface area contributed by atoms with Gasteiger partial charge in [-0.2, -0.15) is 5.10 Å². The van der Waals surface area contributed by atoms with Crippen LogP contribution in [0, 0.1) is 11.2 Å². The van der Waals surface area contributed by atoms with E-state index >= 15 is 0 Å². The normalized spacial score (nSPS) is 24.0. The van der Waals surface area contributed by atoms with E-state index in [1.165, 1.54) is 12.1 Å². The summed E-state index contributed by atoms with van der Waals surface area (Å²) < 4.78 is 15.6. The number of pyridine rings is 1. The Balaban J connectivity index is 1.73. The number of hydrogen-bond acceptors (Lipinski definition) is 3. The molecule has 0 saturated heterocycles. The van der Waals surface area contributed by atoms with Crippen LogP contribution in [0.25, 0.3) is 32.8 Å². The van der Waals surface area contributed by atoms with E-state index in [2.05, 4.69) is 10.2 Å². The third-order valence-corrected chi connectivity index (χ3v) is 7.39. The quantitative estimate of drug-likeness (QED) is 0.487. The van der Waals surface area contributed by atoms with Gasteiger partial charge in [-0.25, -0.2) is 4.39 Å². The maximum absolute atomic E-state index is 13.9. The molecule has 0 radical (unpaired) electrons. The minimum atomic E-state index is -0.780. The number of rotatable bonds is 4. The Labute approximate surface area is 182 Å². The second-order valence-electron chi connectivity index (χ2n) is 9.76. The molecule has 6 nitrogen and oxygen atoms in total. The first-order chi connectivity index (χ1) is 15.2. The topological polar surface area (TPSA) is 88.0 Å². The molecule has 7 rings (SSSR count). The number of hydrogen-bond donors (Lipinski definition) is 2.